The molecule has 1 rings (SSSR count). The quantitative estimate of drug-likeness (QED) is 0.441. The van der Waals surface area contributed by atoms with Gasteiger partial charge < -0.3 is 4.74 Å². The van der Waals surface area contributed by atoms with E-state index >= 15 is 0 Å². The molecular weight excluding hydrogens is 327 g/mol. The highest BCUT2D eigenvalue weighted by Gasteiger charge is 2.38. The number of halogens is 3. The molecule has 0 saturated carbocycles. The first-order valence-electron chi connectivity index (χ1n) is 5.52. The highest BCUT2D eigenvalue weighted by atomic mass is 79.9. The van der Waals surface area contributed by atoms with Gasteiger partial charge in [-0.05, 0) is 11.0 Å². The number of ether oxygens (including phenoxy) is 1. The summed E-state index contributed by atoms with van der Waals surface area (Å²) in [5.74, 6) is 0.0208. The summed E-state index contributed by atoms with van der Waals surface area (Å²) in [6.07, 6.45) is 2.52. The Hall–Kier alpha value is 0.270. The molecule has 0 spiro atoms. The molecule has 1 aliphatic carbocycles. The van der Waals surface area contributed by atoms with E-state index in [1.807, 2.05) is 0 Å². The van der Waals surface area contributed by atoms with Gasteiger partial charge in [0, 0.05) is 24.1 Å². The number of carbonyl (C=O) groups excluding carboxylic acids is 1. The Morgan fingerprint density at radius 1 is 1.71 bits per heavy atom. The van der Waals surface area contributed by atoms with Crippen molar-refractivity contribution in [3.8, 4) is 0 Å². The summed E-state index contributed by atoms with van der Waals surface area (Å²) in [7, 11) is 0. The van der Waals surface area contributed by atoms with Crippen LogP contribution in [0.15, 0.2) is 11.6 Å². The maximum Gasteiger partial charge on any atom is 0.303 e. The third kappa shape index (κ3) is 3.87. The van der Waals surface area contributed by atoms with Gasteiger partial charge in [0.2, 0.25) is 0 Å². The Balaban J connectivity index is 3.00. The van der Waals surface area contributed by atoms with Crippen molar-refractivity contribution in [1.82, 2.24) is 0 Å². The molecule has 0 radical (unpaired) electrons. The van der Waals surface area contributed by atoms with Gasteiger partial charge in [-0.15, -0.1) is 23.2 Å². The summed E-state index contributed by atoms with van der Waals surface area (Å²) < 4.78 is 5.31. The van der Waals surface area contributed by atoms with Crippen LogP contribution >= 0.6 is 39.1 Å². The molecule has 0 heterocycles. The van der Waals surface area contributed by atoms with Crippen molar-refractivity contribution >= 4 is 45.1 Å². The molecule has 0 saturated heterocycles. The van der Waals surface area contributed by atoms with E-state index in [2.05, 4.69) is 35.9 Å². The van der Waals surface area contributed by atoms with Crippen LogP contribution in [0.5, 0.6) is 0 Å². The van der Waals surface area contributed by atoms with Gasteiger partial charge in [-0.2, -0.15) is 0 Å². The van der Waals surface area contributed by atoms with Crippen LogP contribution in [0.2, 0.25) is 0 Å². The van der Waals surface area contributed by atoms with E-state index < -0.39 is 0 Å². The molecule has 0 bridgehead atoms. The molecule has 98 valence electrons. The average Bonchev–Trinajstić information content (AvgIpc) is 2.21. The van der Waals surface area contributed by atoms with Crippen LogP contribution in [0, 0.1) is 5.41 Å². The number of carbonyl (C=O) groups is 1. The van der Waals surface area contributed by atoms with Crippen LogP contribution in [-0.2, 0) is 9.53 Å². The predicted octanol–water partition coefficient (Wildman–Crippen LogP) is 3.88. The molecule has 0 amide bonds. The smallest absolute Gasteiger partial charge is 0.303 e. The van der Waals surface area contributed by atoms with Crippen LogP contribution in [0.1, 0.15) is 27.2 Å². The normalized spacial score (nSPS) is 29.4. The fourth-order valence-corrected chi connectivity index (χ4v) is 2.79. The number of hydrogen-bond donors (Lipinski definition) is 0. The zero-order valence-electron chi connectivity index (χ0n) is 10.2. The summed E-state index contributed by atoms with van der Waals surface area (Å²) in [5, 5.41) is -0.291. The minimum Gasteiger partial charge on any atom is -0.458 e. The zero-order chi connectivity index (χ0) is 13.2. The topological polar surface area (TPSA) is 26.3 Å². The maximum atomic E-state index is 11.1. The Morgan fingerprint density at radius 3 is 2.76 bits per heavy atom. The molecule has 1 unspecified atom stereocenters. The summed E-state index contributed by atoms with van der Waals surface area (Å²) >= 11 is 15.6. The van der Waals surface area contributed by atoms with Gasteiger partial charge in [0.15, 0.2) is 0 Å². The molecular formula is C12H17BrCl2O2. The molecule has 5 heteroatoms. The molecule has 1 aliphatic rings. The first-order chi connectivity index (χ1) is 7.77. The van der Waals surface area contributed by atoms with E-state index in [1.54, 1.807) is 0 Å². The van der Waals surface area contributed by atoms with E-state index in [9.17, 15) is 4.79 Å². The summed E-state index contributed by atoms with van der Waals surface area (Å²) in [6, 6.07) is 0. The van der Waals surface area contributed by atoms with Gasteiger partial charge in [0.05, 0.1) is 5.38 Å². The largest absolute Gasteiger partial charge is 0.458 e. The van der Waals surface area contributed by atoms with Gasteiger partial charge in [0.25, 0.3) is 0 Å². The van der Waals surface area contributed by atoms with Crippen LogP contribution in [0.4, 0.5) is 0 Å². The van der Waals surface area contributed by atoms with Gasteiger partial charge >= 0.3 is 5.97 Å². The molecule has 0 aromatic carbocycles. The number of alkyl halides is 3. The summed E-state index contributed by atoms with van der Waals surface area (Å²) in [5.41, 5.74) is 0.892. The zero-order valence-corrected chi connectivity index (χ0v) is 13.3. The number of hydrogen-bond acceptors (Lipinski definition) is 2. The second-order valence-corrected chi connectivity index (χ2v) is 6.83. The van der Waals surface area contributed by atoms with Crippen LogP contribution < -0.4 is 0 Å². The SMILES string of the molecule is CC(=O)O[C@H]1C[C@H](Br)C(C)(C)C=C1C(Cl)CCl. The van der Waals surface area contributed by atoms with E-state index in [-0.39, 0.29) is 27.7 Å². The van der Waals surface area contributed by atoms with Gasteiger partial charge in [-0.3, -0.25) is 4.79 Å². The predicted molar refractivity (Wildman–Crippen MR) is 75.1 cm³/mol. The number of esters is 1. The van der Waals surface area contributed by atoms with E-state index in [0.717, 1.165) is 12.0 Å². The van der Waals surface area contributed by atoms with Crippen LogP contribution in [0.3, 0.4) is 0 Å². The summed E-state index contributed by atoms with van der Waals surface area (Å²) in [6.45, 7) is 5.65. The third-order valence-corrected chi connectivity index (χ3v) is 5.37. The highest BCUT2D eigenvalue weighted by Crippen LogP contribution is 2.41. The van der Waals surface area contributed by atoms with Crippen molar-refractivity contribution in [2.24, 2.45) is 5.41 Å². The van der Waals surface area contributed by atoms with Gasteiger partial charge in [-0.25, -0.2) is 0 Å². The molecule has 0 aromatic rings. The fourth-order valence-electron chi connectivity index (χ4n) is 1.94. The van der Waals surface area contributed by atoms with Crippen LogP contribution in [0.25, 0.3) is 0 Å². The lowest BCUT2D eigenvalue weighted by atomic mass is 9.77. The monoisotopic (exact) mass is 342 g/mol. The van der Waals surface area contributed by atoms with E-state index in [1.165, 1.54) is 6.92 Å². The van der Waals surface area contributed by atoms with Gasteiger partial charge in [-0.1, -0.05) is 35.9 Å². The Kier molecular flexibility index (Phi) is 5.36. The maximum absolute atomic E-state index is 11.1. The molecule has 0 fully saturated rings. The second kappa shape index (κ2) is 5.94. The Bertz CT molecular complexity index is 328. The minimum absolute atomic E-state index is 0.0226. The lowest BCUT2D eigenvalue weighted by Crippen LogP contribution is -2.38. The highest BCUT2D eigenvalue weighted by molar-refractivity contribution is 9.09. The van der Waals surface area contributed by atoms with Crippen LogP contribution in [-0.4, -0.2) is 28.2 Å². The van der Waals surface area contributed by atoms with Crippen molar-refractivity contribution in [2.75, 3.05) is 5.88 Å². The lowest BCUT2D eigenvalue weighted by molar-refractivity contribution is -0.145. The standard InChI is InChI=1S/C12H17BrCl2O2/c1-7(16)17-10-4-11(13)12(2,3)5-8(10)9(15)6-14/h5,9-11H,4,6H2,1-3H3/t9?,10-,11-/m0/s1. The molecule has 0 aliphatic heterocycles. The van der Waals surface area contributed by atoms with Crippen molar-refractivity contribution in [2.45, 2.75) is 43.5 Å². The molecule has 0 aromatic heterocycles. The first kappa shape index (κ1) is 15.3. The second-order valence-electron chi connectivity index (χ2n) is 4.89. The van der Waals surface area contributed by atoms with E-state index in [4.69, 9.17) is 27.9 Å². The average molecular weight is 344 g/mol. The Labute approximate surface area is 121 Å². The first-order valence-corrected chi connectivity index (χ1v) is 7.40. The van der Waals surface area contributed by atoms with Crippen molar-refractivity contribution in [3.63, 3.8) is 0 Å². The molecule has 3 atom stereocenters. The molecule has 0 N–H and O–H groups in total. The summed E-state index contributed by atoms with van der Waals surface area (Å²) in [4.78, 5) is 11.3. The molecule has 17 heavy (non-hydrogen) atoms. The van der Waals surface area contributed by atoms with E-state index in [0.29, 0.717) is 5.88 Å². The van der Waals surface area contributed by atoms with Gasteiger partial charge in [0.1, 0.15) is 6.10 Å². The number of allylic oxidation sites excluding steroid dienone is 1. The minimum atomic E-state index is -0.293. The van der Waals surface area contributed by atoms with Crippen molar-refractivity contribution in [1.29, 1.82) is 0 Å². The number of rotatable bonds is 3. The molecule has 2 nitrogen and oxygen atoms in total. The third-order valence-electron chi connectivity index (χ3n) is 2.94. The fraction of sp³-hybridized carbons (Fsp3) is 0.750. The lowest BCUT2D eigenvalue weighted by Gasteiger charge is -2.38. The Morgan fingerprint density at radius 2 is 2.29 bits per heavy atom. The van der Waals surface area contributed by atoms with Crippen molar-refractivity contribution in [3.05, 3.63) is 11.6 Å². The van der Waals surface area contributed by atoms with Crippen molar-refractivity contribution < 1.29 is 9.53 Å².